The molecule has 0 saturated heterocycles. The zero-order valence-electron chi connectivity index (χ0n) is 11.9. The largest absolute Gasteiger partial charge is 0.388 e. The molecule has 0 radical (unpaired) electrons. The van der Waals surface area contributed by atoms with Crippen molar-refractivity contribution in [2.24, 2.45) is 0 Å². The van der Waals surface area contributed by atoms with E-state index in [1.165, 1.54) is 0 Å². The lowest BCUT2D eigenvalue weighted by Gasteiger charge is -2.14. The third-order valence-electron chi connectivity index (χ3n) is 3.40. The van der Waals surface area contributed by atoms with E-state index in [9.17, 15) is 5.11 Å². The van der Waals surface area contributed by atoms with Crippen molar-refractivity contribution in [3.63, 3.8) is 0 Å². The molecule has 1 aromatic heterocycles. The van der Waals surface area contributed by atoms with Crippen molar-refractivity contribution in [3.8, 4) is 0 Å². The third kappa shape index (κ3) is 3.81. The van der Waals surface area contributed by atoms with Gasteiger partial charge in [-0.3, -0.25) is 4.68 Å². The Morgan fingerprint density at radius 2 is 2.14 bits per heavy atom. The summed E-state index contributed by atoms with van der Waals surface area (Å²) in [6.07, 6.45) is 0.780. The standard InChI is InChI=1S/C15H17BrClIN2O/c1-3-12-15(16)13(20(4-2)19-12)8-14(21)10-7-9(17)5-6-11(10)18/h5-7,14,21H,3-4,8H2,1-2H3. The molecule has 2 rings (SSSR count). The minimum atomic E-state index is -0.599. The van der Waals surface area contributed by atoms with Gasteiger partial charge in [0, 0.05) is 21.6 Å². The van der Waals surface area contributed by atoms with Gasteiger partial charge in [-0.1, -0.05) is 18.5 Å². The first kappa shape index (κ1) is 17.2. The van der Waals surface area contributed by atoms with Crippen LogP contribution in [0.15, 0.2) is 22.7 Å². The Kier molecular flexibility index (Phi) is 6.11. The molecule has 1 heterocycles. The van der Waals surface area contributed by atoms with Crippen LogP contribution in [0.5, 0.6) is 0 Å². The molecule has 0 aliphatic carbocycles. The number of aromatic nitrogens is 2. The summed E-state index contributed by atoms with van der Waals surface area (Å²) in [5.41, 5.74) is 2.91. The monoisotopic (exact) mass is 482 g/mol. The maximum Gasteiger partial charge on any atom is 0.0856 e. The van der Waals surface area contributed by atoms with Gasteiger partial charge < -0.3 is 5.11 Å². The lowest BCUT2D eigenvalue weighted by molar-refractivity contribution is 0.174. The molecule has 3 nitrogen and oxygen atoms in total. The molecule has 1 unspecified atom stereocenters. The van der Waals surface area contributed by atoms with E-state index < -0.39 is 6.10 Å². The summed E-state index contributed by atoms with van der Waals surface area (Å²) in [4.78, 5) is 0. The number of hydrogen-bond donors (Lipinski definition) is 1. The van der Waals surface area contributed by atoms with Crippen LogP contribution in [-0.2, 0) is 19.4 Å². The first-order valence-electron chi connectivity index (χ1n) is 6.84. The van der Waals surface area contributed by atoms with E-state index in [4.69, 9.17) is 11.6 Å². The van der Waals surface area contributed by atoms with E-state index in [1.807, 2.05) is 22.9 Å². The van der Waals surface area contributed by atoms with Crippen molar-refractivity contribution >= 4 is 50.1 Å². The van der Waals surface area contributed by atoms with Gasteiger partial charge in [-0.2, -0.15) is 5.10 Å². The van der Waals surface area contributed by atoms with Crippen LogP contribution >= 0.6 is 50.1 Å². The predicted molar refractivity (Wildman–Crippen MR) is 97.8 cm³/mol. The average molecular weight is 484 g/mol. The fraction of sp³-hybridized carbons (Fsp3) is 0.400. The van der Waals surface area contributed by atoms with Crippen molar-refractivity contribution in [3.05, 3.63) is 48.2 Å². The van der Waals surface area contributed by atoms with Crippen LogP contribution in [0, 0.1) is 3.57 Å². The minimum Gasteiger partial charge on any atom is -0.388 e. The van der Waals surface area contributed by atoms with Crippen LogP contribution in [0.4, 0.5) is 0 Å². The Labute approximate surface area is 152 Å². The Morgan fingerprint density at radius 1 is 1.43 bits per heavy atom. The zero-order chi connectivity index (χ0) is 15.6. The van der Waals surface area contributed by atoms with Gasteiger partial charge in [-0.15, -0.1) is 0 Å². The SMILES string of the molecule is CCc1nn(CC)c(CC(O)c2cc(Cl)ccc2I)c1Br. The van der Waals surface area contributed by atoms with Crippen LogP contribution in [0.1, 0.15) is 36.9 Å². The highest BCUT2D eigenvalue weighted by Crippen LogP contribution is 2.30. The molecule has 0 fully saturated rings. The van der Waals surface area contributed by atoms with E-state index in [1.54, 1.807) is 0 Å². The molecule has 1 atom stereocenters. The maximum atomic E-state index is 10.6. The molecule has 114 valence electrons. The molecule has 1 N–H and O–H groups in total. The zero-order valence-corrected chi connectivity index (χ0v) is 16.4. The summed E-state index contributed by atoms with van der Waals surface area (Å²) in [5.74, 6) is 0. The summed E-state index contributed by atoms with van der Waals surface area (Å²) in [7, 11) is 0. The number of aliphatic hydroxyl groups excluding tert-OH is 1. The van der Waals surface area contributed by atoms with Crippen molar-refractivity contribution in [1.29, 1.82) is 0 Å². The van der Waals surface area contributed by atoms with E-state index in [2.05, 4.69) is 57.5 Å². The number of aryl methyl sites for hydroxylation is 2. The summed E-state index contributed by atoms with van der Waals surface area (Å²) in [6.45, 7) is 4.92. The average Bonchev–Trinajstić information content (AvgIpc) is 2.77. The first-order chi connectivity index (χ1) is 9.97. The number of benzene rings is 1. The summed E-state index contributed by atoms with van der Waals surface area (Å²) >= 11 is 11.9. The number of hydrogen-bond acceptors (Lipinski definition) is 2. The van der Waals surface area contributed by atoms with Gasteiger partial charge in [0.1, 0.15) is 0 Å². The number of aliphatic hydroxyl groups is 1. The highest BCUT2D eigenvalue weighted by Gasteiger charge is 2.19. The van der Waals surface area contributed by atoms with Crippen molar-refractivity contribution in [2.75, 3.05) is 0 Å². The number of rotatable bonds is 5. The molecule has 6 heteroatoms. The molecule has 21 heavy (non-hydrogen) atoms. The van der Waals surface area contributed by atoms with Gasteiger partial charge in [-0.25, -0.2) is 0 Å². The summed E-state index contributed by atoms with van der Waals surface area (Å²) in [5, 5.41) is 15.8. The Balaban J connectivity index is 2.33. The molecule has 0 saturated carbocycles. The molecule has 0 spiro atoms. The van der Waals surface area contributed by atoms with E-state index >= 15 is 0 Å². The fourth-order valence-corrected chi connectivity index (χ4v) is 3.88. The van der Waals surface area contributed by atoms with E-state index in [-0.39, 0.29) is 0 Å². The van der Waals surface area contributed by atoms with Gasteiger partial charge in [0.2, 0.25) is 0 Å². The molecule has 0 bridgehead atoms. The quantitative estimate of drug-likeness (QED) is 0.623. The van der Waals surface area contributed by atoms with Crippen molar-refractivity contribution in [2.45, 2.75) is 39.3 Å². The van der Waals surface area contributed by atoms with Crippen LogP contribution in [-0.4, -0.2) is 14.9 Å². The molecule has 0 amide bonds. The minimum absolute atomic E-state index is 0.512. The smallest absolute Gasteiger partial charge is 0.0856 e. The fourth-order valence-electron chi connectivity index (χ4n) is 2.28. The summed E-state index contributed by atoms with van der Waals surface area (Å²) in [6, 6.07) is 5.58. The van der Waals surface area contributed by atoms with Crippen LogP contribution in [0.3, 0.4) is 0 Å². The Bertz CT molecular complexity index is 645. The Hall–Kier alpha value is -0.110. The Morgan fingerprint density at radius 3 is 2.76 bits per heavy atom. The van der Waals surface area contributed by atoms with Crippen molar-refractivity contribution < 1.29 is 5.11 Å². The first-order valence-corrected chi connectivity index (χ1v) is 9.09. The topological polar surface area (TPSA) is 38.0 Å². The predicted octanol–water partition coefficient (Wildman–Crippen LogP) is 4.76. The molecule has 0 aliphatic heterocycles. The third-order valence-corrected chi connectivity index (χ3v) is 5.53. The van der Waals surface area contributed by atoms with E-state index in [0.717, 1.165) is 38.0 Å². The molecule has 0 aliphatic rings. The van der Waals surface area contributed by atoms with Gasteiger partial charge >= 0.3 is 0 Å². The van der Waals surface area contributed by atoms with E-state index in [0.29, 0.717) is 11.4 Å². The van der Waals surface area contributed by atoms with Gasteiger partial charge in [0.15, 0.2) is 0 Å². The maximum absolute atomic E-state index is 10.6. The van der Waals surface area contributed by atoms with Gasteiger partial charge in [-0.05, 0) is 75.6 Å². The molecular weight excluding hydrogens is 466 g/mol. The normalized spacial score (nSPS) is 12.7. The highest BCUT2D eigenvalue weighted by molar-refractivity contribution is 14.1. The molecular formula is C15H17BrClIN2O. The highest BCUT2D eigenvalue weighted by atomic mass is 127. The second-order valence-electron chi connectivity index (χ2n) is 4.76. The molecule has 1 aromatic carbocycles. The van der Waals surface area contributed by atoms with Crippen LogP contribution in [0.25, 0.3) is 0 Å². The summed E-state index contributed by atoms with van der Waals surface area (Å²) < 4.78 is 3.96. The number of halogens is 3. The second kappa shape index (κ2) is 7.44. The number of nitrogens with zero attached hydrogens (tertiary/aromatic N) is 2. The lowest BCUT2D eigenvalue weighted by atomic mass is 10.0. The van der Waals surface area contributed by atoms with Crippen LogP contribution in [0.2, 0.25) is 5.02 Å². The van der Waals surface area contributed by atoms with Crippen LogP contribution < -0.4 is 0 Å². The van der Waals surface area contributed by atoms with Crippen molar-refractivity contribution in [1.82, 2.24) is 9.78 Å². The molecule has 2 aromatic rings. The second-order valence-corrected chi connectivity index (χ2v) is 7.15. The van der Waals surface area contributed by atoms with Gasteiger partial charge in [0.05, 0.1) is 22.0 Å². The van der Waals surface area contributed by atoms with Gasteiger partial charge in [0.25, 0.3) is 0 Å². The lowest BCUT2D eigenvalue weighted by Crippen LogP contribution is -2.10.